The van der Waals surface area contributed by atoms with E-state index in [-0.39, 0.29) is 19.2 Å². The van der Waals surface area contributed by atoms with Crippen LogP contribution < -0.4 is 15.5 Å². The Kier molecular flexibility index (Phi) is 8.43. The summed E-state index contributed by atoms with van der Waals surface area (Å²) >= 11 is 0. The van der Waals surface area contributed by atoms with Crippen LogP contribution in [0, 0.1) is 12.8 Å². The maximum atomic E-state index is 12.8. The monoisotopic (exact) mass is 521 g/mol. The number of aliphatic hydroxyl groups excluding tert-OH is 1. The van der Waals surface area contributed by atoms with Gasteiger partial charge in [0.05, 0.1) is 19.8 Å². The lowest BCUT2D eigenvalue weighted by atomic mass is 10.00. The minimum absolute atomic E-state index is 0.0420. The van der Waals surface area contributed by atoms with Crippen LogP contribution in [0.3, 0.4) is 0 Å². The first-order valence-corrected chi connectivity index (χ1v) is 12.6. The van der Waals surface area contributed by atoms with Crippen molar-refractivity contribution in [2.75, 3.05) is 61.5 Å². The molecule has 202 valence electrons. The van der Waals surface area contributed by atoms with Crippen molar-refractivity contribution in [2.24, 2.45) is 5.92 Å². The molecule has 3 heterocycles. The van der Waals surface area contributed by atoms with Gasteiger partial charge < -0.3 is 30.3 Å². The number of carbonyl (C=O) groups is 1. The van der Waals surface area contributed by atoms with Gasteiger partial charge in [-0.1, -0.05) is 6.07 Å². The summed E-state index contributed by atoms with van der Waals surface area (Å²) in [6, 6.07) is 8.88. The number of ether oxygens (including phenoxy) is 1. The molecular weight excluding hydrogens is 487 g/mol. The first-order valence-electron chi connectivity index (χ1n) is 12.6. The Morgan fingerprint density at radius 3 is 2.68 bits per heavy atom. The second kappa shape index (κ2) is 11.6. The molecule has 2 unspecified atom stereocenters. The fourth-order valence-electron chi connectivity index (χ4n) is 4.72. The van der Waals surface area contributed by atoms with E-state index in [9.17, 15) is 23.1 Å². The SMILES string of the molecule is Cc1ccc(NC(=O)N2CCC(CC(F)(F)F)C2)cc1-c1cc(NC(C)CO)nc(N2CCOCC2)c1. The van der Waals surface area contributed by atoms with Gasteiger partial charge in [-0.3, -0.25) is 0 Å². The normalized spacial score (nSPS) is 19.1. The highest BCUT2D eigenvalue weighted by molar-refractivity contribution is 5.91. The molecule has 0 aliphatic carbocycles. The van der Waals surface area contributed by atoms with Crippen LogP contribution >= 0.6 is 0 Å². The number of aliphatic hydroxyl groups is 1. The zero-order valence-electron chi connectivity index (χ0n) is 21.1. The number of halogens is 3. The van der Waals surface area contributed by atoms with Crippen LogP contribution in [0.25, 0.3) is 11.1 Å². The van der Waals surface area contributed by atoms with Crippen molar-refractivity contribution in [1.82, 2.24) is 9.88 Å². The summed E-state index contributed by atoms with van der Waals surface area (Å²) < 4.78 is 43.7. The number of morpholine rings is 1. The van der Waals surface area contributed by atoms with Crippen LogP contribution in [-0.2, 0) is 4.74 Å². The second-order valence-electron chi connectivity index (χ2n) is 9.81. The Hall–Kier alpha value is -3.05. The number of alkyl halides is 3. The first-order chi connectivity index (χ1) is 17.6. The molecule has 0 bridgehead atoms. The summed E-state index contributed by atoms with van der Waals surface area (Å²) in [5, 5.41) is 15.6. The average molecular weight is 522 g/mol. The van der Waals surface area contributed by atoms with Crippen molar-refractivity contribution in [1.29, 1.82) is 0 Å². The number of benzene rings is 1. The molecule has 1 aromatic heterocycles. The lowest BCUT2D eigenvalue weighted by Gasteiger charge is -2.29. The molecule has 4 rings (SSSR count). The highest BCUT2D eigenvalue weighted by atomic mass is 19.4. The molecule has 37 heavy (non-hydrogen) atoms. The largest absolute Gasteiger partial charge is 0.394 e. The molecule has 2 aliphatic heterocycles. The van der Waals surface area contributed by atoms with E-state index in [0.29, 0.717) is 50.8 Å². The van der Waals surface area contributed by atoms with Crippen molar-refractivity contribution in [3.8, 4) is 11.1 Å². The minimum atomic E-state index is -4.23. The minimum Gasteiger partial charge on any atom is -0.394 e. The summed E-state index contributed by atoms with van der Waals surface area (Å²) in [6.07, 6.45) is -4.75. The summed E-state index contributed by atoms with van der Waals surface area (Å²) in [6.45, 7) is 6.84. The van der Waals surface area contributed by atoms with Crippen LogP contribution in [0.5, 0.6) is 0 Å². The van der Waals surface area contributed by atoms with Gasteiger partial charge in [0.1, 0.15) is 11.6 Å². The van der Waals surface area contributed by atoms with Crippen molar-refractivity contribution >= 4 is 23.4 Å². The molecule has 2 atom stereocenters. The number of rotatable bonds is 7. The smallest absolute Gasteiger partial charge is 0.389 e. The van der Waals surface area contributed by atoms with E-state index in [1.807, 2.05) is 38.1 Å². The number of nitrogens with one attached hydrogen (secondary N) is 2. The zero-order valence-corrected chi connectivity index (χ0v) is 21.1. The van der Waals surface area contributed by atoms with Crippen molar-refractivity contribution in [3.63, 3.8) is 0 Å². The van der Waals surface area contributed by atoms with Gasteiger partial charge in [0, 0.05) is 44.3 Å². The van der Waals surface area contributed by atoms with Gasteiger partial charge >= 0.3 is 12.2 Å². The van der Waals surface area contributed by atoms with Crippen LogP contribution in [0.1, 0.15) is 25.3 Å². The molecule has 8 nitrogen and oxygen atoms in total. The Morgan fingerprint density at radius 1 is 1.22 bits per heavy atom. The third kappa shape index (κ3) is 7.26. The molecular formula is C26H34F3N5O3. The van der Waals surface area contributed by atoms with E-state index in [0.717, 1.165) is 22.5 Å². The van der Waals surface area contributed by atoms with Gasteiger partial charge in [0.25, 0.3) is 0 Å². The molecule has 11 heteroatoms. The Labute approximate surface area is 214 Å². The van der Waals surface area contributed by atoms with Crippen molar-refractivity contribution < 1.29 is 27.8 Å². The first kappa shape index (κ1) is 27.0. The average Bonchev–Trinajstić information content (AvgIpc) is 3.32. The topological polar surface area (TPSA) is 90.0 Å². The van der Waals surface area contributed by atoms with Gasteiger partial charge in [0.2, 0.25) is 0 Å². The number of pyridine rings is 1. The molecule has 0 radical (unpaired) electrons. The Bertz CT molecular complexity index is 1090. The molecule has 2 aliphatic rings. The van der Waals surface area contributed by atoms with Gasteiger partial charge in [-0.25, -0.2) is 9.78 Å². The van der Waals surface area contributed by atoms with Gasteiger partial charge in [-0.15, -0.1) is 0 Å². The molecule has 2 aromatic rings. The van der Waals surface area contributed by atoms with E-state index in [1.165, 1.54) is 4.90 Å². The molecule has 2 fully saturated rings. The van der Waals surface area contributed by atoms with Crippen LogP contribution in [0.2, 0.25) is 0 Å². The third-order valence-corrected chi connectivity index (χ3v) is 6.71. The van der Waals surface area contributed by atoms with Crippen molar-refractivity contribution in [2.45, 2.75) is 38.9 Å². The number of hydrogen-bond donors (Lipinski definition) is 3. The molecule has 0 spiro atoms. The quantitative estimate of drug-likeness (QED) is 0.498. The Morgan fingerprint density at radius 2 is 1.97 bits per heavy atom. The molecule has 2 amide bonds. The number of hydrogen-bond acceptors (Lipinski definition) is 6. The standard InChI is InChI=1S/C26H34F3N5O3/c1-17-3-4-21(31-25(36)34-6-5-19(15-34)14-26(27,28)29)13-22(17)20-11-23(30-18(2)16-35)32-24(12-20)33-7-9-37-10-8-33/h3-4,11-13,18-19,35H,5-10,14-16H2,1-2H3,(H,30,32)(H,31,36). The second-order valence-corrected chi connectivity index (χ2v) is 9.81. The lowest BCUT2D eigenvalue weighted by Crippen LogP contribution is -2.37. The van der Waals surface area contributed by atoms with E-state index in [1.54, 1.807) is 6.07 Å². The summed E-state index contributed by atoms with van der Waals surface area (Å²) in [5.74, 6) is 0.846. The molecule has 1 aromatic carbocycles. The van der Waals surface area contributed by atoms with Crippen molar-refractivity contribution in [3.05, 3.63) is 35.9 Å². The van der Waals surface area contributed by atoms with Crippen LogP contribution in [0.15, 0.2) is 30.3 Å². The van der Waals surface area contributed by atoms with Gasteiger partial charge in [-0.2, -0.15) is 13.2 Å². The fourth-order valence-corrected chi connectivity index (χ4v) is 4.72. The summed E-state index contributed by atoms with van der Waals surface area (Å²) in [7, 11) is 0. The number of nitrogens with zero attached hydrogens (tertiary/aromatic N) is 3. The van der Waals surface area contributed by atoms with E-state index < -0.39 is 24.5 Å². The van der Waals surface area contributed by atoms with E-state index in [4.69, 9.17) is 9.72 Å². The molecule has 0 saturated carbocycles. The van der Waals surface area contributed by atoms with E-state index >= 15 is 0 Å². The number of likely N-dealkylation sites (tertiary alicyclic amines) is 1. The summed E-state index contributed by atoms with van der Waals surface area (Å²) in [4.78, 5) is 21.1. The number of urea groups is 1. The number of aromatic nitrogens is 1. The Balaban J connectivity index is 1.55. The lowest BCUT2D eigenvalue weighted by molar-refractivity contribution is -0.143. The van der Waals surface area contributed by atoms with E-state index in [2.05, 4.69) is 15.5 Å². The highest BCUT2D eigenvalue weighted by Gasteiger charge is 2.36. The maximum absolute atomic E-state index is 12.8. The van der Waals surface area contributed by atoms with Crippen LogP contribution in [0.4, 0.5) is 35.3 Å². The van der Waals surface area contributed by atoms with Gasteiger partial charge in [0.15, 0.2) is 0 Å². The molecule has 2 saturated heterocycles. The third-order valence-electron chi connectivity index (χ3n) is 6.71. The molecule has 3 N–H and O–H groups in total. The number of aryl methyl sites for hydroxylation is 1. The highest BCUT2D eigenvalue weighted by Crippen LogP contribution is 2.33. The number of amides is 2. The van der Waals surface area contributed by atoms with Crippen LogP contribution in [-0.4, -0.2) is 79.2 Å². The zero-order chi connectivity index (χ0) is 26.6. The van der Waals surface area contributed by atoms with Gasteiger partial charge in [-0.05, 0) is 67.1 Å². The summed E-state index contributed by atoms with van der Waals surface area (Å²) in [5.41, 5.74) is 3.34. The maximum Gasteiger partial charge on any atom is 0.389 e. The number of anilines is 3. The fraction of sp³-hybridized carbons (Fsp3) is 0.538. The number of carbonyl (C=O) groups excluding carboxylic acids is 1. The predicted molar refractivity (Wildman–Crippen MR) is 137 cm³/mol. The predicted octanol–water partition coefficient (Wildman–Crippen LogP) is 4.49.